The molecule has 6 heteroatoms. The molecule has 0 saturated heterocycles. The van der Waals surface area contributed by atoms with Gasteiger partial charge in [0.1, 0.15) is 11.2 Å². The largest absolute Gasteiger partial charge is 0.455 e. The molecule has 0 unspecified atom stereocenters. The number of benzene rings is 8. The van der Waals surface area contributed by atoms with Gasteiger partial charge in [-0.1, -0.05) is 115 Å². The summed E-state index contributed by atoms with van der Waals surface area (Å²) in [4.78, 5) is 10.8. The Labute approximate surface area is 327 Å². The summed E-state index contributed by atoms with van der Waals surface area (Å²) in [5.41, 5.74) is 9.13. The predicted molar refractivity (Wildman–Crippen MR) is 238 cm³/mol. The van der Waals surface area contributed by atoms with Crippen molar-refractivity contribution in [2.24, 2.45) is 0 Å². The molecule has 0 amide bonds. The number of thiophene rings is 2. The smallest absolute Gasteiger partial charge is 0.235 e. The molecule has 0 saturated carbocycles. The molecule has 0 aliphatic carbocycles. The van der Waals surface area contributed by atoms with Gasteiger partial charge in [0.15, 0.2) is 0 Å². The molecule has 0 aliphatic heterocycles. The van der Waals surface area contributed by atoms with Gasteiger partial charge in [-0.2, -0.15) is 0 Å². The number of hydrogen-bond donors (Lipinski definition) is 0. The van der Waals surface area contributed by atoms with Crippen molar-refractivity contribution in [2.75, 3.05) is 0 Å². The van der Waals surface area contributed by atoms with Crippen molar-refractivity contribution in [3.8, 4) is 28.3 Å². The third-order valence-corrected chi connectivity index (χ3v) is 13.7. The number of hydrogen-bond acceptors (Lipinski definition) is 5. The van der Waals surface area contributed by atoms with Gasteiger partial charge < -0.3 is 4.42 Å². The first-order chi connectivity index (χ1) is 27.8. The molecule has 13 aromatic rings. The van der Waals surface area contributed by atoms with E-state index in [1.807, 2.05) is 11.3 Å². The Morgan fingerprint density at radius 3 is 2.00 bits per heavy atom. The molecule has 13 rings (SSSR count). The van der Waals surface area contributed by atoms with Crippen LogP contribution in [0.2, 0.25) is 0 Å². The van der Waals surface area contributed by atoms with Gasteiger partial charge in [-0.05, 0) is 70.4 Å². The van der Waals surface area contributed by atoms with Gasteiger partial charge in [-0.3, -0.25) is 4.57 Å². The van der Waals surface area contributed by atoms with Crippen LogP contribution in [-0.2, 0) is 0 Å². The maximum absolute atomic E-state index is 7.09. The van der Waals surface area contributed by atoms with E-state index >= 15 is 0 Å². The summed E-state index contributed by atoms with van der Waals surface area (Å²) in [5, 5.41) is 10.5. The number of aromatic nitrogens is 3. The monoisotopic (exact) mass is 749 g/mol. The fourth-order valence-corrected chi connectivity index (χ4v) is 11.2. The molecule has 260 valence electrons. The fourth-order valence-electron chi connectivity index (χ4n) is 8.97. The molecule has 56 heavy (non-hydrogen) atoms. The van der Waals surface area contributed by atoms with E-state index in [2.05, 4.69) is 168 Å². The molecule has 5 heterocycles. The van der Waals surface area contributed by atoms with E-state index in [1.165, 1.54) is 46.8 Å². The highest BCUT2D eigenvalue weighted by Gasteiger charge is 2.24. The minimum absolute atomic E-state index is 0.644. The first-order valence-electron chi connectivity index (χ1n) is 18.7. The lowest BCUT2D eigenvalue weighted by atomic mass is 9.94. The molecule has 0 aliphatic rings. The fraction of sp³-hybridized carbons (Fsp3) is 0. The summed E-state index contributed by atoms with van der Waals surface area (Å²) >= 11 is 3.60. The van der Waals surface area contributed by atoms with E-state index < -0.39 is 0 Å². The third kappa shape index (κ3) is 4.17. The second kappa shape index (κ2) is 11.3. The normalized spacial score (nSPS) is 12.3. The van der Waals surface area contributed by atoms with Crippen molar-refractivity contribution in [3.63, 3.8) is 0 Å². The molecule has 0 bridgehead atoms. The van der Waals surface area contributed by atoms with Crippen molar-refractivity contribution in [3.05, 3.63) is 164 Å². The standard InChI is InChI=1S/C50H27N3OS2/c1-2-12-28(13-3-1)46-49-47(34-18-8-11-21-42(34)56-49)52-50(51-46)53-38-19-9-6-17-33(38)45-39(53)24-23-35-44-32-16-5-4-14-30(32)36(27-40(44)54-48(35)45)29-22-25-43-37(26-29)31-15-7-10-20-41(31)55-43/h1-27H. The molecular weight excluding hydrogens is 723 g/mol. The van der Waals surface area contributed by atoms with Crippen molar-refractivity contribution in [1.29, 1.82) is 0 Å². The van der Waals surface area contributed by atoms with Gasteiger partial charge in [0.25, 0.3) is 0 Å². The number of furan rings is 1. The van der Waals surface area contributed by atoms with Gasteiger partial charge in [0, 0.05) is 52.0 Å². The zero-order valence-corrected chi connectivity index (χ0v) is 31.3. The quantitative estimate of drug-likeness (QED) is 0.181. The second-order valence-electron chi connectivity index (χ2n) is 14.5. The highest BCUT2D eigenvalue weighted by Crippen LogP contribution is 2.46. The van der Waals surface area contributed by atoms with Crippen LogP contribution in [0.1, 0.15) is 0 Å². The van der Waals surface area contributed by atoms with Crippen molar-refractivity contribution >= 4 is 118 Å². The Morgan fingerprint density at radius 2 is 1.14 bits per heavy atom. The third-order valence-electron chi connectivity index (χ3n) is 11.4. The average molecular weight is 750 g/mol. The number of nitrogens with zero attached hydrogens (tertiary/aromatic N) is 3. The lowest BCUT2D eigenvalue weighted by Gasteiger charge is -2.10. The topological polar surface area (TPSA) is 43.9 Å². The van der Waals surface area contributed by atoms with Crippen molar-refractivity contribution in [1.82, 2.24) is 14.5 Å². The lowest BCUT2D eigenvalue weighted by Crippen LogP contribution is -2.02. The van der Waals surface area contributed by atoms with E-state index in [0.717, 1.165) is 70.6 Å². The van der Waals surface area contributed by atoms with Gasteiger partial charge in [0.2, 0.25) is 5.95 Å². The molecule has 8 aromatic carbocycles. The molecule has 0 atom stereocenters. The second-order valence-corrected chi connectivity index (χ2v) is 16.6. The summed E-state index contributed by atoms with van der Waals surface area (Å²) in [6.07, 6.45) is 0. The lowest BCUT2D eigenvalue weighted by molar-refractivity contribution is 0.673. The van der Waals surface area contributed by atoms with Crippen LogP contribution < -0.4 is 0 Å². The van der Waals surface area contributed by atoms with Crippen LogP contribution in [0.4, 0.5) is 0 Å². The number of para-hydroxylation sites is 1. The van der Waals surface area contributed by atoms with Crippen LogP contribution in [0.15, 0.2) is 168 Å². The predicted octanol–water partition coefficient (Wildman–Crippen LogP) is 14.7. The zero-order valence-electron chi connectivity index (χ0n) is 29.7. The molecule has 0 N–H and O–H groups in total. The summed E-state index contributed by atoms with van der Waals surface area (Å²) in [6, 6.07) is 58.6. The minimum atomic E-state index is 0.644. The van der Waals surface area contributed by atoms with Crippen LogP contribution >= 0.6 is 22.7 Å². The van der Waals surface area contributed by atoms with Crippen LogP contribution in [0.5, 0.6) is 0 Å². The minimum Gasteiger partial charge on any atom is -0.455 e. The number of rotatable bonds is 3. The van der Waals surface area contributed by atoms with E-state index in [1.54, 1.807) is 11.3 Å². The average Bonchev–Trinajstić information content (AvgIpc) is 4.02. The molecule has 0 spiro atoms. The molecule has 0 fully saturated rings. The molecule has 0 radical (unpaired) electrons. The zero-order chi connectivity index (χ0) is 36.5. The first kappa shape index (κ1) is 30.5. The maximum Gasteiger partial charge on any atom is 0.235 e. The summed E-state index contributed by atoms with van der Waals surface area (Å²) in [7, 11) is 0. The van der Waals surface area contributed by atoms with E-state index in [9.17, 15) is 0 Å². The summed E-state index contributed by atoms with van der Waals surface area (Å²) < 4.78 is 14.2. The maximum atomic E-state index is 7.09. The van der Waals surface area contributed by atoms with Gasteiger partial charge in [-0.15, -0.1) is 22.7 Å². The van der Waals surface area contributed by atoms with Crippen LogP contribution in [0.3, 0.4) is 0 Å². The Morgan fingerprint density at radius 1 is 0.446 bits per heavy atom. The Balaban J connectivity index is 1.10. The number of fused-ring (bicyclic) bond motifs is 15. The van der Waals surface area contributed by atoms with E-state index in [-0.39, 0.29) is 0 Å². The molecule has 5 aromatic heterocycles. The van der Waals surface area contributed by atoms with Crippen LogP contribution in [-0.4, -0.2) is 14.5 Å². The Hall–Kier alpha value is -6.86. The van der Waals surface area contributed by atoms with E-state index in [4.69, 9.17) is 14.4 Å². The van der Waals surface area contributed by atoms with Crippen LogP contribution in [0, 0.1) is 0 Å². The summed E-state index contributed by atoms with van der Waals surface area (Å²) in [5.74, 6) is 0.644. The van der Waals surface area contributed by atoms with Gasteiger partial charge in [-0.25, -0.2) is 9.97 Å². The summed E-state index contributed by atoms with van der Waals surface area (Å²) in [6.45, 7) is 0. The highest BCUT2D eigenvalue weighted by molar-refractivity contribution is 7.26. The molecule has 4 nitrogen and oxygen atoms in total. The van der Waals surface area contributed by atoms with Gasteiger partial charge in [0.05, 0.1) is 32.3 Å². The van der Waals surface area contributed by atoms with Crippen molar-refractivity contribution < 1.29 is 4.42 Å². The molecular formula is C50H27N3OS2. The SMILES string of the molecule is c1ccc(-c2nc(-n3c4ccccc4c4c5oc6cc(-c7ccc8sc9ccccc9c8c7)c7ccccc7c6c5ccc43)nc3c2sc2ccccc23)cc1. The first-order valence-corrected chi connectivity index (χ1v) is 20.4. The van der Waals surface area contributed by atoms with E-state index in [0.29, 0.717) is 5.95 Å². The Bertz CT molecular complexity index is 3770. The highest BCUT2D eigenvalue weighted by atomic mass is 32.1. The Kier molecular flexibility index (Phi) is 6.17. The van der Waals surface area contributed by atoms with Crippen molar-refractivity contribution in [2.45, 2.75) is 0 Å². The van der Waals surface area contributed by atoms with Crippen LogP contribution in [0.25, 0.3) is 123 Å². The van der Waals surface area contributed by atoms with Gasteiger partial charge >= 0.3 is 0 Å².